The molecule has 3 radical (unpaired) electrons. The largest absolute Gasteiger partial charge is 0 e. The Balaban J connectivity index is -0.0000000200. The quantitative estimate of drug-likeness (QED) is 0.0830. The van der Waals surface area contributed by atoms with Gasteiger partial charge in [0, 0.05) is 55.7 Å². The Morgan fingerprint density at radius 1 is 0.267 bits per heavy atom. The topological polar surface area (TPSA) is 389 Å². The molecule has 0 aliphatic carbocycles. The van der Waals surface area contributed by atoms with Crippen LogP contribution in [0.15, 0.2) is 0 Å². The number of hydrogen-bond acceptors (Lipinski definition) is 5. The van der Waals surface area contributed by atoms with E-state index in [0.29, 0.717) is 0 Å². The molecule has 0 aliphatic rings. The summed E-state index contributed by atoms with van der Waals surface area (Å²) in [5.74, 6) is 0. The average molecular weight is 691 g/mol. The minimum absolute atomic E-state index is 0. The van der Waals surface area contributed by atoms with Crippen LogP contribution in [0.2, 0.25) is 0 Å². The van der Waals surface area contributed by atoms with Crippen molar-refractivity contribution < 1.29 is 152 Å². The van der Waals surface area contributed by atoms with Gasteiger partial charge in [0.1, 0.15) is 0 Å². The van der Waals surface area contributed by atoms with Gasteiger partial charge in [-0.3, -0.25) is 0 Å². The van der Waals surface area contributed by atoms with Crippen molar-refractivity contribution >= 4 is 98.2 Å². The second-order valence-corrected chi connectivity index (χ2v) is 7.70. The zero-order chi connectivity index (χ0) is 22.5. The first-order chi connectivity index (χ1) is 10.0. The third kappa shape index (κ3) is 1710. The Morgan fingerprint density at radius 3 is 0.267 bits per heavy atom. The molecule has 0 fully saturated rings. The van der Waals surface area contributed by atoms with Crippen LogP contribution in [-0.4, -0.2) is 133 Å². The second kappa shape index (κ2) is 29.5. The van der Waals surface area contributed by atoms with Crippen molar-refractivity contribution in [2.24, 2.45) is 0 Å². The number of phosphoric acid groups is 5. The van der Waals surface area contributed by atoms with Gasteiger partial charge in [0.25, 0.3) is 0 Å². The van der Waals surface area contributed by atoms with E-state index in [4.69, 9.17) is 96.2 Å². The Kier molecular flexibility index (Phi) is 63.4. The molecule has 0 saturated carbocycles. The fourth-order valence-corrected chi connectivity index (χ4v) is 0. The smallest absolute Gasteiger partial charge is 0 e. The predicted octanol–water partition coefficient (Wildman–Crippen LogP) is -5.95. The van der Waals surface area contributed by atoms with Gasteiger partial charge in [-0.05, 0) is 0 Å². The summed E-state index contributed by atoms with van der Waals surface area (Å²) in [5, 5.41) is 0. The van der Waals surface area contributed by atoms with Crippen LogP contribution in [0.25, 0.3) is 0 Å². The third-order valence-corrected chi connectivity index (χ3v) is 0. The molecule has 179 valence electrons. The van der Waals surface area contributed by atoms with Gasteiger partial charge in [-0.25, -0.2) is 22.8 Å². The van der Waals surface area contributed by atoms with Crippen LogP contribution >= 0.6 is 39.1 Å². The average Bonchev–Trinajstić information content (AvgIpc) is 1.79. The molecule has 15 N–H and O–H groups in total. The normalized spacial score (nSPS) is 9.83. The fourth-order valence-electron chi connectivity index (χ4n) is 0. The van der Waals surface area contributed by atoms with Gasteiger partial charge in [0.2, 0.25) is 0 Å². The molecule has 0 amide bonds. The van der Waals surface area contributed by atoms with Crippen LogP contribution in [-0.2, 0) is 78.5 Å². The van der Waals surface area contributed by atoms with Crippen LogP contribution in [0.3, 0.4) is 0 Å². The Morgan fingerprint density at radius 2 is 0.267 bits per heavy atom. The van der Waals surface area contributed by atoms with E-state index in [1.165, 1.54) is 0 Å². The first kappa shape index (κ1) is 64.4. The van der Waals surface area contributed by atoms with Gasteiger partial charge in [-0.15, -0.1) is 0 Å². The van der Waals surface area contributed by atoms with E-state index in [1.54, 1.807) is 0 Å². The molecule has 30 heteroatoms. The molecular weight excluding hydrogens is 674 g/mol. The molecule has 30 heavy (non-hydrogen) atoms. The zero-order valence-corrected chi connectivity index (χ0v) is 21.0. The third-order valence-electron chi connectivity index (χ3n) is 0. The minimum Gasteiger partial charge on any atom is 0 e. The van der Waals surface area contributed by atoms with Crippen molar-refractivity contribution in [2.45, 2.75) is 0 Å². The van der Waals surface area contributed by atoms with Gasteiger partial charge < -0.3 is 73.4 Å². The summed E-state index contributed by atoms with van der Waals surface area (Å²) in [6.45, 7) is 0. The van der Waals surface area contributed by atoms with Crippen LogP contribution in [0.4, 0.5) is 0 Å². The summed E-state index contributed by atoms with van der Waals surface area (Å²) in [5.41, 5.74) is 0. The summed E-state index contributed by atoms with van der Waals surface area (Å²) in [6.07, 6.45) is 0. The molecule has 0 aromatic heterocycles. The van der Waals surface area contributed by atoms with E-state index < -0.39 is 39.1 Å². The van der Waals surface area contributed by atoms with E-state index >= 15 is 0 Å². The summed E-state index contributed by atoms with van der Waals surface area (Å²) >= 11 is 0. The predicted molar refractivity (Wildman–Crippen MR) is 85.6 cm³/mol. The van der Waals surface area contributed by atoms with Gasteiger partial charge in [-0.1, -0.05) is 0 Å². The maximum absolute atomic E-state index is 8.88. The molecule has 20 nitrogen and oxygen atoms in total. The summed E-state index contributed by atoms with van der Waals surface area (Å²) in [7, 11) is -23.2. The van der Waals surface area contributed by atoms with Gasteiger partial charge in [0.15, 0.2) is 0 Å². The van der Waals surface area contributed by atoms with Crippen molar-refractivity contribution in [2.75, 3.05) is 0 Å². The Bertz CT molecular complexity index is 389. The molecule has 0 aliphatic heterocycles. The maximum Gasteiger partial charge on any atom is 0 e. The Labute approximate surface area is 247 Å². The molecule has 0 aromatic carbocycles. The molecule has 0 unspecified atom stereocenters. The first-order valence-corrected chi connectivity index (χ1v) is 11.7. The molecule has 0 aromatic rings. The molecule has 0 atom stereocenters. The monoisotopic (exact) mass is 691 g/mol. The van der Waals surface area contributed by atoms with Crippen LogP contribution in [0.1, 0.15) is 0 Å². The number of hydrogen-bond donors (Lipinski definition) is 15. The molecule has 0 heterocycles. The number of rotatable bonds is 0. The minimum atomic E-state index is -4.64. The molecule has 0 spiro atoms. The molecule has 0 saturated heterocycles. The maximum atomic E-state index is 8.88. The summed E-state index contributed by atoms with van der Waals surface area (Å²) < 4.78 is 44.4. The zero-order valence-electron chi connectivity index (χ0n) is 12.3. The van der Waals surface area contributed by atoms with Crippen molar-refractivity contribution in [1.29, 1.82) is 0 Å². The van der Waals surface area contributed by atoms with Gasteiger partial charge in [0.05, 0.1) is 0 Å². The molecule has 0 rings (SSSR count). The first-order valence-electron chi connectivity index (χ1n) is 3.91. The van der Waals surface area contributed by atoms with Gasteiger partial charge in [-0.2, -0.15) is 0 Å². The van der Waals surface area contributed by atoms with E-state index in [0.717, 1.165) is 0 Å². The summed E-state index contributed by atoms with van der Waals surface area (Å²) in [6, 6.07) is 0. The van der Waals surface area contributed by atoms with Crippen molar-refractivity contribution in [3.8, 4) is 0 Å². The van der Waals surface area contributed by atoms with Crippen molar-refractivity contribution in [3.05, 3.63) is 0 Å². The second-order valence-electron chi connectivity index (χ2n) is 2.57. The van der Waals surface area contributed by atoms with Gasteiger partial charge >= 0.3 is 98.2 Å². The molecule has 0 bridgehead atoms. The SMILES string of the molecule is O=P(O)(O)O.O=P(O)(O)O.O=P(O)(O)O.O=P(O)(O)O.O=P(O)(O)O.[NaH].[NaH].[V].[V].[V]. The van der Waals surface area contributed by atoms with E-state index in [9.17, 15) is 0 Å². The standard InChI is InChI=1S/2Na.5H3O4P.3V.2H/c;;5*1-5(2,3)4;;;;;/h;;5*(H3,1,2,3,4);;;;;. The Hall–Kier alpha value is 4.30. The molecular formula is H17Na2O20P5V3. The van der Waals surface area contributed by atoms with E-state index in [1.807, 2.05) is 0 Å². The summed E-state index contributed by atoms with van der Waals surface area (Å²) in [4.78, 5) is 108. The van der Waals surface area contributed by atoms with Crippen molar-refractivity contribution in [3.63, 3.8) is 0 Å². The van der Waals surface area contributed by atoms with Crippen LogP contribution < -0.4 is 0 Å². The van der Waals surface area contributed by atoms with E-state index in [2.05, 4.69) is 0 Å². The van der Waals surface area contributed by atoms with E-state index in [-0.39, 0.29) is 115 Å². The van der Waals surface area contributed by atoms with Crippen LogP contribution in [0, 0.1) is 0 Å². The van der Waals surface area contributed by atoms with Crippen molar-refractivity contribution in [1.82, 2.24) is 0 Å². The fraction of sp³-hybridized carbons (Fsp3) is 0. The van der Waals surface area contributed by atoms with Crippen LogP contribution in [0.5, 0.6) is 0 Å².